The van der Waals surface area contributed by atoms with Crippen LogP contribution in [-0.2, 0) is 4.79 Å². The van der Waals surface area contributed by atoms with Crippen LogP contribution in [0.1, 0.15) is 5.76 Å². The van der Waals surface area contributed by atoms with Gasteiger partial charge in [-0.15, -0.1) is 0 Å². The average molecular weight is 197 g/mol. The van der Waals surface area contributed by atoms with Crippen LogP contribution in [0.2, 0.25) is 0 Å². The van der Waals surface area contributed by atoms with E-state index in [9.17, 15) is 4.79 Å². The van der Waals surface area contributed by atoms with Crippen LogP contribution in [0.4, 0.5) is 5.82 Å². The van der Waals surface area contributed by atoms with Gasteiger partial charge >= 0.3 is 0 Å². The summed E-state index contributed by atoms with van der Waals surface area (Å²) in [6, 6.07) is 1.71. The first kappa shape index (κ1) is 8.31. The third-order valence-electron chi connectivity index (χ3n) is 1.42. The first-order valence-electron chi connectivity index (χ1n) is 3.69. The van der Waals surface area contributed by atoms with Gasteiger partial charge in [0.1, 0.15) is 5.76 Å². The highest BCUT2D eigenvalue weighted by Crippen LogP contribution is 2.16. The molecule has 0 spiro atoms. The average Bonchev–Trinajstić information content (AvgIpc) is 2.62. The normalized spacial score (nSPS) is 19.5. The predicted molar refractivity (Wildman–Crippen MR) is 48.9 cm³/mol. The highest BCUT2D eigenvalue weighted by Gasteiger charge is 2.16. The summed E-state index contributed by atoms with van der Waals surface area (Å²) in [6.45, 7) is 1.79. The standard InChI is InChI=1S/C7H7N3O2S/c1-4-2-5(10-12-4)8-7-9-6(11)3-13-7/h2H,3H2,1H3,(H,8,9,10,11). The number of carbonyl (C=O) groups is 1. The molecule has 1 aromatic rings. The van der Waals surface area contributed by atoms with Crippen molar-refractivity contribution in [3.8, 4) is 0 Å². The number of amides is 1. The van der Waals surface area contributed by atoms with Gasteiger partial charge in [-0.2, -0.15) is 0 Å². The van der Waals surface area contributed by atoms with Crippen LogP contribution >= 0.6 is 11.8 Å². The number of amidine groups is 1. The Kier molecular flexibility index (Phi) is 2.05. The van der Waals surface area contributed by atoms with Crippen LogP contribution in [-0.4, -0.2) is 22.0 Å². The van der Waals surface area contributed by atoms with E-state index in [-0.39, 0.29) is 5.91 Å². The van der Waals surface area contributed by atoms with Crippen molar-refractivity contribution >= 4 is 28.7 Å². The van der Waals surface area contributed by atoms with E-state index in [1.165, 1.54) is 11.8 Å². The van der Waals surface area contributed by atoms with Crippen molar-refractivity contribution in [3.63, 3.8) is 0 Å². The largest absolute Gasteiger partial charge is 0.359 e. The molecule has 1 fully saturated rings. The minimum atomic E-state index is -0.0241. The zero-order chi connectivity index (χ0) is 9.26. The molecule has 2 heterocycles. The molecule has 0 aliphatic carbocycles. The highest BCUT2D eigenvalue weighted by atomic mass is 32.2. The summed E-state index contributed by atoms with van der Waals surface area (Å²) < 4.78 is 4.82. The Morgan fingerprint density at radius 2 is 2.62 bits per heavy atom. The second-order valence-corrected chi connectivity index (χ2v) is 3.51. The van der Waals surface area contributed by atoms with Crippen molar-refractivity contribution in [2.24, 2.45) is 4.99 Å². The van der Waals surface area contributed by atoms with E-state index < -0.39 is 0 Å². The lowest BCUT2D eigenvalue weighted by Crippen LogP contribution is -2.19. The van der Waals surface area contributed by atoms with Gasteiger partial charge in [0.15, 0.2) is 11.0 Å². The zero-order valence-electron chi connectivity index (χ0n) is 6.90. The van der Waals surface area contributed by atoms with Crippen LogP contribution in [0.3, 0.4) is 0 Å². The number of thioether (sulfide) groups is 1. The minimum absolute atomic E-state index is 0.0241. The molecule has 0 unspecified atom stereocenters. The molecule has 68 valence electrons. The summed E-state index contributed by atoms with van der Waals surface area (Å²) in [4.78, 5) is 14.9. The lowest BCUT2D eigenvalue weighted by atomic mass is 10.5. The van der Waals surface area contributed by atoms with E-state index >= 15 is 0 Å². The van der Waals surface area contributed by atoms with E-state index in [2.05, 4.69) is 15.5 Å². The highest BCUT2D eigenvalue weighted by molar-refractivity contribution is 8.15. The maximum atomic E-state index is 10.8. The molecule has 13 heavy (non-hydrogen) atoms. The van der Waals surface area contributed by atoms with Crippen LogP contribution in [0.15, 0.2) is 15.6 Å². The number of rotatable bonds is 1. The Hall–Kier alpha value is -1.30. The first-order valence-corrected chi connectivity index (χ1v) is 4.67. The topological polar surface area (TPSA) is 67.5 Å². The summed E-state index contributed by atoms with van der Waals surface area (Å²) in [7, 11) is 0. The fourth-order valence-electron chi connectivity index (χ4n) is 0.896. The van der Waals surface area contributed by atoms with Crippen molar-refractivity contribution in [1.82, 2.24) is 10.5 Å². The quantitative estimate of drug-likeness (QED) is 0.724. The van der Waals surface area contributed by atoms with Gasteiger partial charge in [-0.25, -0.2) is 4.99 Å². The molecule has 1 amide bonds. The van der Waals surface area contributed by atoms with Gasteiger partial charge in [0.25, 0.3) is 0 Å². The fourth-order valence-corrected chi connectivity index (χ4v) is 1.58. The van der Waals surface area contributed by atoms with Crippen LogP contribution in [0.25, 0.3) is 0 Å². The molecule has 2 rings (SSSR count). The second-order valence-electron chi connectivity index (χ2n) is 2.55. The Bertz CT molecular complexity index is 372. The number of nitrogens with zero attached hydrogens (tertiary/aromatic N) is 2. The Labute approximate surface area is 78.6 Å². The molecule has 0 radical (unpaired) electrons. The molecule has 1 saturated heterocycles. The van der Waals surface area contributed by atoms with E-state index in [0.29, 0.717) is 22.5 Å². The maximum Gasteiger partial charge on any atom is 0.236 e. The molecule has 1 aliphatic heterocycles. The number of nitrogens with one attached hydrogen (secondary N) is 1. The SMILES string of the molecule is Cc1cc(N=C2NC(=O)CS2)no1. The Morgan fingerprint density at radius 1 is 1.77 bits per heavy atom. The van der Waals surface area contributed by atoms with Crippen molar-refractivity contribution in [2.45, 2.75) is 6.92 Å². The van der Waals surface area contributed by atoms with Gasteiger partial charge in [0.2, 0.25) is 5.91 Å². The van der Waals surface area contributed by atoms with Gasteiger partial charge in [0.05, 0.1) is 5.75 Å². The number of hydrogen-bond acceptors (Lipinski definition) is 5. The summed E-state index contributed by atoms with van der Waals surface area (Å²) in [5, 5.41) is 6.86. The molecule has 1 aliphatic rings. The number of aryl methyl sites for hydroxylation is 1. The van der Waals surface area contributed by atoms with Crippen molar-refractivity contribution in [2.75, 3.05) is 5.75 Å². The molecule has 0 aromatic carbocycles. The Balaban J connectivity index is 2.16. The summed E-state index contributed by atoms with van der Waals surface area (Å²) >= 11 is 1.36. The second kappa shape index (κ2) is 3.21. The third-order valence-corrected chi connectivity index (χ3v) is 2.29. The molecule has 0 bridgehead atoms. The molecule has 1 N–H and O–H groups in total. The molecular formula is C7H7N3O2S. The van der Waals surface area contributed by atoms with Gasteiger partial charge < -0.3 is 9.84 Å². The van der Waals surface area contributed by atoms with Crippen LogP contribution in [0, 0.1) is 6.92 Å². The zero-order valence-corrected chi connectivity index (χ0v) is 7.72. The number of hydrogen-bond donors (Lipinski definition) is 1. The lowest BCUT2D eigenvalue weighted by Gasteiger charge is -1.89. The van der Waals surface area contributed by atoms with Gasteiger partial charge in [-0.05, 0) is 6.92 Å². The van der Waals surface area contributed by atoms with Gasteiger partial charge in [-0.1, -0.05) is 16.9 Å². The van der Waals surface area contributed by atoms with Crippen molar-refractivity contribution < 1.29 is 9.32 Å². The molecule has 0 saturated carbocycles. The summed E-state index contributed by atoms with van der Waals surface area (Å²) in [6.07, 6.45) is 0. The first-order chi connectivity index (χ1) is 6.24. The molecule has 1 aromatic heterocycles. The van der Waals surface area contributed by atoms with Crippen LogP contribution in [0.5, 0.6) is 0 Å². The van der Waals surface area contributed by atoms with E-state index in [4.69, 9.17) is 4.52 Å². The lowest BCUT2D eigenvalue weighted by molar-refractivity contribution is -0.116. The number of carbonyl (C=O) groups excluding carboxylic acids is 1. The summed E-state index contributed by atoms with van der Waals surface area (Å²) in [5.74, 6) is 1.59. The molecule has 6 heteroatoms. The summed E-state index contributed by atoms with van der Waals surface area (Å²) in [5.41, 5.74) is 0. The number of aliphatic imine (C=N–C) groups is 1. The van der Waals surface area contributed by atoms with Crippen molar-refractivity contribution in [3.05, 3.63) is 11.8 Å². The predicted octanol–water partition coefficient (Wildman–Crippen LogP) is 0.834. The molecule has 5 nitrogen and oxygen atoms in total. The van der Waals surface area contributed by atoms with Crippen molar-refractivity contribution in [1.29, 1.82) is 0 Å². The van der Waals surface area contributed by atoms with Gasteiger partial charge in [-0.3, -0.25) is 4.79 Å². The fraction of sp³-hybridized carbons (Fsp3) is 0.286. The molecular weight excluding hydrogens is 190 g/mol. The maximum absolute atomic E-state index is 10.8. The minimum Gasteiger partial charge on any atom is -0.359 e. The molecule has 0 atom stereocenters. The van der Waals surface area contributed by atoms with E-state index in [1.54, 1.807) is 13.0 Å². The van der Waals surface area contributed by atoms with E-state index in [1.807, 2.05) is 0 Å². The van der Waals surface area contributed by atoms with E-state index in [0.717, 1.165) is 0 Å². The third kappa shape index (κ3) is 1.89. The number of aromatic nitrogens is 1. The smallest absolute Gasteiger partial charge is 0.236 e. The van der Waals surface area contributed by atoms with Gasteiger partial charge in [0, 0.05) is 6.07 Å². The Morgan fingerprint density at radius 3 is 3.15 bits per heavy atom. The van der Waals surface area contributed by atoms with Crippen LogP contribution < -0.4 is 5.32 Å². The monoisotopic (exact) mass is 197 g/mol.